The molecule has 1 aliphatic carbocycles. The molecule has 6 unspecified atom stereocenters. The van der Waals surface area contributed by atoms with Crippen molar-refractivity contribution in [2.75, 3.05) is 13.2 Å². The van der Waals surface area contributed by atoms with Crippen molar-refractivity contribution in [3.8, 4) is 0 Å². The standard InChI is InChI=1S/C41H80O22P4/c1-3-5-7-9-11-13-15-17-19-21-23-25-27-29-34(42)57-31-33(59-35(43)30-28-26-24-22-20-18-16-14-12-10-8-6-4-2)32-58-67(55,56)63-38-36(44)39(60-64(46,47)48)41(62-66(52,53)54)40(37(38)45)61-65(49,50)51/h14,16,33,36-41,44-45H,3-13,15,17-32H2,1-2H3,(H,55,56)(H2,46,47,48)(H2,49,50,51)(H2,52,53,54). The number of aliphatic hydroxyl groups excluding tert-OH is 2. The van der Waals surface area contributed by atoms with Gasteiger partial charge in [-0.2, -0.15) is 0 Å². The summed E-state index contributed by atoms with van der Waals surface area (Å²) in [7, 11) is -23.0. The average Bonchev–Trinajstić information content (AvgIpc) is 3.22. The number of unbranched alkanes of at least 4 members (excludes halogenated alkanes) is 21. The van der Waals surface area contributed by atoms with E-state index >= 15 is 0 Å². The summed E-state index contributed by atoms with van der Waals surface area (Å²) >= 11 is 0. The molecule has 0 spiro atoms. The van der Waals surface area contributed by atoms with Crippen molar-refractivity contribution in [1.29, 1.82) is 0 Å². The smallest absolute Gasteiger partial charge is 0.462 e. The predicted molar refractivity (Wildman–Crippen MR) is 245 cm³/mol. The van der Waals surface area contributed by atoms with Gasteiger partial charge in [0, 0.05) is 12.8 Å². The fourth-order valence-electron chi connectivity index (χ4n) is 7.37. The van der Waals surface area contributed by atoms with Crippen LogP contribution in [0.5, 0.6) is 0 Å². The first-order chi connectivity index (χ1) is 31.5. The molecule has 1 fully saturated rings. The lowest BCUT2D eigenvalue weighted by atomic mass is 9.85. The van der Waals surface area contributed by atoms with Crippen molar-refractivity contribution in [3.05, 3.63) is 12.2 Å². The van der Waals surface area contributed by atoms with E-state index in [0.717, 1.165) is 64.2 Å². The molecule has 0 bridgehead atoms. The molecule has 0 saturated heterocycles. The van der Waals surface area contributed by atoms with Crippen molar-refractivity contribution >= 4 is 43.2 Å². The quantitative estimate of drug-likeness (QED) is 0.0122. The Bertz CT molecular complexity index is 1530. The number of rotatable bonds is 41. The van der Waals surface area contributed by atoms with E-state index in [0.29, 0.717) is 19.3 Å². The molecule has 1 saturated carbocycles. The molecule has 0 heterocycles. The van der Waals surface area contributed by atoms with E-state index in [9.17, 15) is 72.3 Å². The number of phosphoric acid groups is 4. The van der Waals surface area contributed by atoms with Gasteiger partial charge in [-0.05, 0) is 38.5 Å². The molecule has 0 aromatic heterocycles. The Morgan fingerprint density at radius 3 is 1.24 bits per heavy atom. The lowest BCUT2D eigenvalue weighted by Crippen LogP contribution is -2.65. The SMILES string of the molecule is CCCCCCC=CCCCCCCCC(=O)OC(COC(=O)CCCCCCCCCCCCCCC)COP(=O)(O)OC1C(O)C(OP(=O)(O)O)C(OP(=O)(O)O)C(OP(=O)(O)O)C1O. The minimum Gasteiger partial charge on any atom is -0.462 e. The number of carbonyl (C=O) groups is 2. The lowest BCUT2D eigenvalue weighted by molar-refractivity contribution is -0.209. The first-order valence-electron chi connectivity index (χ1n) is 23.7. The zero-order valence-corrected chi connectivity index (χ0v) is 42.7. The van der Waals surface area contributed by atoms with Gasteiger partial charge < -0.3 is 53.9 Å². The molecular formula is C41H80O22P4. The van der Waals surface area contributed by atoms with Gasteiger partial charge in [-0.25, -0.2) is 18.3 Å². The Hall–Kier alpha value is -0.960. The van der Waals surface area contributed by atoms with Crippen LogP contribution in [0, 0.1) is 0 Å². The maximum absolute atomic E-state index is 13.2. The van der Waals surface area contributed by atoms with Crippen molar-refractivity contribution in [1.82, 2.24) is 0 Å². The van der Waals surface area contributed by atoms with Crippen LogP contribution in [-0.2, 0) is 59.9 Å². The normalized spacial score (nSPS) is 21.9. The molecular weight excluding hydrogens is 968 g/mol. The van der Waals surface area contributed by atoms with E-state index in [1.54, 1.807) is 0 Å². The summed E-state index contributed by atoms with van der Waals surface area (Å²) in [5, 5.41) is 21.8. The van der Waals surface area contributed by atoms with Gasteiger partial charge in [-0.15, -0.1) is 0 Å². The molecule has 0 aliphatic heterocycles. The largest absolute Gasteiger partial charge is 0.472 e. The fraction of sp³-hybridized carbons (Fsp3) is 0.902. The summed E-state index contributed by atoms with van der Waals surface area (Å²) in [4.78, 5) is 92.7. The second-order valence-corrected chi connectivity index (χ2v) is 21.9. The fourth-order valence-corrected chi connectivity index (χ4v) is 10.0. The molecule has 1 rings (SSSR count). The second kappa shape index (κ2) is 35.2. The summed E-state index contributed by atoms with van der Waals surface area (Å²) in [6.07, 6.45) is 11.5. The Kier molecular flexibility index (Phi) is 33.7. The molecule has 26 heteroatoms. The molecule has 1 aliphatic rings. The average molecular weight is 1050 g/mol. The number of hydrogen-bond donors (Lipinski definition) is 9. The number of carbonyl (C=O) groups excluding carboxylic acids is 2. The minimum absolute atomic E-state index is 0.0372. The third kappa shape index (κ3) is 33.3. The molecule has 0 radical (unpaired) electrons. The summed E-state index contributed by atoms with van der Waals surface area (Å²) in [6.45, 7) is 2.72. The van der Waals surface area contributed by atoms with Crippen LogP contribution in [0.15, 0.2) is 12.2 Å². The Morgan fingerprint density at radius 1 is 0.463 bits per heavy atom. The van der Waals surface area contributed by atoms with Gasteiger partial charge in [0.25, 0.3) is 0 Å². The predicted octanol–water partition coefficient (Wildman–Crippen LogP) is 7.85. The molecule has 9 N–H and O–H groups in total. The highest BCUT2D eigenvalue weighted by Gasteiger charge is 2.59. The zero-order chi connectivity index (χ0) is 50.4. The van der Waals surface area contributed by atoms with Crippen LogP contribution in [0.2, 0.25) is 0 Å². The lowest BCUT2D eigenvalue weighted by Gasteiger charge is -2.45. The van der Waals surface area contributed by atoms with Gasteiger partial charge in [-0.3, -0.25) is 32.2 Å². The van der Waals surface area contributed by atoms with Crippen molar-refractivity contribution < 1.29 is 104 Å². The molecule has 0 aromatic rings. The van der Waals surface area contributed by atoms with E-state index in [4.69, 9.17) is 18.5 Å². The van der Waals surface area contributed by atoms with Gasteiger partial charge in [0.15, 0.2) is 6.10 Å². The number of phosphoric ester groups is 4. The third-order valence-corrected chi connectivity index (χ3v) is 13.3. The van der Waals surface area contributed by atoms with Gasteiger partial charge in [0.2, 0.25) is 0 Å². The van der Waals surface area contributed by atoms with Gasteiger partial charge >= 0.3 is 43.2 Å². The number of hydrogen-bond acceptors (Lipinski definition) is 15. The van der Waals surface area contributed by atoms with Crippen LogP contribution in [0.4, 0.5) is 0 Å². The molecule has 396 valence electrons. The molecule has 0 amide bonds. The van der Waals surface area contributed by atoms with E-state index in [1.807, 2.05) is 0 Å². The topological polar surface area (TPSA) is 349 Å². The maximum atomic E-state index is 13.2. The molecule has 6 atom stereocenters. The van der Waals surface area contributed by atoms with Crippen molar-refractivity contribution in [2.45, 2.75) is 224 Å². The number of allylic oxidation sites excluding steroid dienone is 2. The third-order valence-electron chi connectivity index (χ3n) is 10.8. The van der Waals surface area contributed by atoms with Crippen molar-refractivity contribution in [3.63, 3.8) is 0 Å². The van der Waals surface area contributed by atoms with E-state index in [2.05, 4.69) is 39.6 Å². The summed E-state index contributed by atoms with van der Waals surface area (Å²) in [5.74, 6) is -1.41. The maximum Gasteiger partial charge on any atom is 0.472 e. The number of esters is 2. The molecule has 0 aromatic carbocycles. The van der Waals surface area contributed by atoms with Gasteiger partial charge in [0.05, 0.1) is 6.61 Å². The van der Waals surface area contributed by atoms with E-state index in [1.165, 1.54) is 70.6 Å². The van der Waals surface area contributed by atoms with Crippen LogP contribution in [-0.4, -0.2) is 112 Å². The van der Waals surface area contributed by atoms with Crippen LogP contribution < -0.4 is 0 Å². The summed E-state index contributed by atoms with van der Waals surface area (Å²) in [6, 6.07) is 0. The molecule has 67 heavy (non-hydrogen) atoms. The highest BCUT2D eigenvalue weighted by molar-refractivity contribution is 7.47. The Labute approximate surface area is 395 Å². The molecule has 22 nitrogen and oxygen atoms in total. The summed E-state index contributed by atoms with van der Waals surface area (Å²) in [5.41, 5.74) is 0. The highest BCUT2D eigenvalue weighted by atomic mass is 31.2. The second-order valence-electron chi connectivity index (χ2n) is 16.9. The van der Waals surface area contributed by atoms with Gasteiger partial charge in [0.1, 0.15) is 43.2 Å². The number of aliphatic hydroxyl groups is 2. The van der Waals surface area contributed by atoms with Crippen LogP contribution in [0.25, 0.3) is 0 Å². The first-order valence-corrected chi connectivity index (χ1v) is 29.8. The van der Waals surface area contributed by atoms with E-state index in [-0.39, 0.29) is 12.8 Å². The van der Waals surface area contributed by atoms with E-state index < -0.39 is 99.2 Å². The Morgan fingerprint density at radius 2 is 0.821 bits per heavy atom. The first kappa shape index (κ1) is 64.1. The van der Waals surface area contributed by atoms with Gasteiger partial charge in [-0.1, -0.05) is 142 Å². The number of ether oxygens (including phenoxy) is 2. The monoisotopic (exact) mass is 1050 g/mol. The van der Waals surface area contributed by atoms with Crippen LogP contribution in [0.3, 0.4) is 0 Å². The zero-order valence-electron chi connectivity index (χ0n) is 39.1. The summed E-state index contributed by atoms with van der Waals surface area (Å²) < 4.78 is 82.0. The van der Waals surface area contributed by atoms with Crippen LogP contribution in [0.1, 0.15) is 181 Å². The Balaban J connectivity index is 2.93. The minimum atomic E-state index is -5.79. The van der Waals surface area contributed by atoms with Crippen molar-refractivity contribution in [2.24, 2.45) is 0 Å². The van der Waals surface area contributed by atoms with Crippen LogP contribution >= 0.6 is 31.3 Å². The highest BCUT2D eigenvalue weighted by Crippen LogP contribution is 2.53.